The van der Waals surface area contributed by atoms with Gasteiger partial charge in [0.05, 0.1) is 0 Å². The summed E-state index contributed by atoms with van der Waals surface area (Å²) in [5, 5.41) is 8.81. The molecule has 0 aromatic heterocycles. The minimum Gasteiger partial charge on any atom is -0.485 e. The molecule has 2 aromatic rings. The Morgan fingerprint density at radius 2 is 1.90 bits per heavy atom. The average molecular weight is 274 g/mol. The number of carbonyl (C=O) groups is 1. The summed E-state index contributed by atoms with van der Waals surface area (Å²) >= 11 is 0. The molecule has 0 aliphatic heterocycles. The third kappa shape index (κ3) is 3.90. The first-order valence-electron chi connectivity index (χ1n) is 6.30. The van der Waals surface area contributed by atoms with Crippen molar-refractivity contribution >= 4 is 5.78 Å². The van der Waals surface area contributed by atoms with Gasteiger partial charge in [-0.1, -0.05) is 24.3 Å². The van der Waals surface area contributed by atoms with E-state index in [0.717, 1.165) is 5.56 Å². The fraction of sp³-hybridized carbons (Fsp3) is 0.188. The lowest BCUT2D eigenvalue weighted by Gasteiger charge is -2.06. The lowest BCUT2D eigenvalue weighted by Crippen LogP contribution is -2.11. The first kappa shape index (κ1) is 14.2. The van der Waals surface area contributed by atoms with Crippen molar-refractivity contribution in [2.75, 3.05) is 13.2 Å². The Kier molecular flexibility index (Phi) is 4.85. The fourth-order valence-corrected chi connectivity index (χ4v) is 1.78. The van der Waals surface area contributed by atoms with Crippen LogP contribution in [-0.4, -0.2) is 24.1 Å². The molecular weight excluding hydrogens is 259 g/mol. The number of ketones is 1. The van der Waals surface area contributed by atoms with E-state index in [1.807, 2.05) is 12.1 Å². The van der Waals surface area contributed by atoms with E-state index in [9.17, 15) is 9.18 Å². The van der Waals surface area contributed by atoms with Gasteiger partial charge in [0, 0.05) is 12.2 Å². The minimum atomic E-state index is -0.441. The number of hydrogen-bond acceptors (Lipinski definition) is 3. The Morgan fingerprint density at radius 1 is 1.15 bits per heavy atom. The van der Waals surface area contributed by atoms with Crippen LogP contribution in [0.1, 0.15) is 15.9 Å². The predicted molar refractivity (Wildman–Crippen MR) is 73.5 cm³/mol. The zero-order valence-electron chi connectivity index (χ0n) is 10.9. The van der Waals surface area contributed by atoms with E-state index in [1.165, 1.54) is 18.2 Å². The highest BCUT2D eigenvalue weighted by molar-refractivity contribution is 5.97. The van der Waals surface area contributed by atoms with Crippen LogP contribution in [0.2, 0.25) is 0 Å². The Hall–Kier alpha value is -2.20. The van der Waals surface area contributed by atoms with Crippen molar-refractivity contribution in [1.29, 1.82) is 0 Å². The molecular formula is C16H15FO3. The number of hydrogen-bond donors (Lipinski definition) is 1. The molecule has 0 saturated heterocycles. The first-order chi connectivity index (χ1) is 9.69. The number of ether oxygens (including phenoxy) is 1. The molecule has 0 amide bonds. The number of rotatable bonds is 6. The highest BCUT2D eigenvalue weighted by atomic mass is 19.1. The molecule has 0 aliphatic rings. The normalized spacial score (nSPS) is 10.3. The Balaban J connectivity index is 1.93. The maximum absolute atomic E-state index is 13.0. The molecule has 0 bridgehead atoms. The molecule has 2 aromatic carbocycles. The van der Waals surface area contributed by atoms with Gasteiger partial charge < -0.3 is 9.84 Å². The maximum atomic E-state index is 13.0. The van der Waals surface area contributed by atoms with Crippen LogP contribution in [0.4, 0.5) is 4.39 Å². The summed E-state index contributed by atoms with van der Waals surface area (Å²) in [7, 11) is 0. The topological polar surface area (TPSA) is 46.5 Å². The number of carbonyl (C=O) groups excluding carboxylic acids is 1. The van der Waals surface area contributed by atoms with E-state index >= 15 is 0 Å². The van der Waals surface area contributed by atoms with Gasteiger partial charge in [0.2, 0.25) is 0 Å². The Morgan fingerprint density at radius 3 is 2.55 bits per heavy atom. The lowest BCUT2D eigenvalue weighted by molar-refractivity contribution is 0.0921. The van der Waals surface area contributed by atoms with E-state index < -0.39 is 5.82 Å². The number of benzene rings is 2. The molecule has 0 spiro atoms. The molecule has 1 N–H and O–H groups in total. The second-order valence-corrected chi connectivity index (χ2v) is 4.34. The SMILES string of the molecule is O=C(COc1ccc(CCO)cc1)c1cccc(F)c1. The van der Waals surface area contributed by atoms with E-state index in [-0.39, 0.29) is 19.0 Å². The fourth-order valence-electron chi connectivity index (χ4n) is 1.78. The van der Waals surface area contributed by atoms with E-state index in [1.54, 1.807) is 18.2 Å². The lowest BCUT2D eigenvalue weighted by atomic mass is 10.1. The van der Waals surface area contributed by atoms with Crippen molar-refractivity contribution < 1.29 is 19.0 Å². The Labute approximate surface area is 116 Å². The minimum absolute atomic E-state index is 0.0955. The van der Waals surface area contributed by atoms with Crippen molar-refractivity contribution in [2.45, 2.75) is 6.42 Å². The molecule has 104 valence electrons. The summed E-state index contributed by atoms with van der Waals surface area (Å²) in [5.74, 6) is -0.149. The second kappa shape index (κ2) is 6.82. The summed E-state index contributed by atoms with van der Waals surface area (Å²) in [6, 6.07) is 12.7. The summed E-state index contributed by atoms with van der Waals surface area (Å²) in [4.78, 5) is 11.8. The van der Waals surface area contributed by atoms with Crippen LogP contribution < -0.4 is 4.74 Å². The quantitative estimate of drug-likeness (QED) is 0.824. The number of Topliss-reactive ketones (excluding diaryl/α,β-unsaturated/α-hetero) is 1. The summed E-state index contributed by atoms with van der Waals surface area (Å²) in [6.07, 6.45) is 0.586. The van der Waals surface area contributed by atoms with Crippen LogP contribution in [-0.2, 0) is 6.42 Å². The van der Waals surface area contributed by atoms with Gasteiger partial charge in [-0.2, -0.15) is 0 Å². The number of aliphatic hydroxyl groups excluding tert-OH is 1. The molecule has 20 heavy (non-hydrogen) atoms. The summed E-state index contributed by atoms with van der Waals surface area (Å²) in [5.41, 5.74) is 1.29. The van der Waals surface area contributed by atoms with Gasteiger partial charge in [0.15, 0.2) is 12.4 Å². The molecule has 0 saturated carbocycles. The zero-order valence-corrected chi connectivity index (χ0v) is 10.9. The van der Waals surface area contributed by atoms with Crippen molar-refractivity contribution in [3.63, 3.8) is 0 Å². The third-order valence-corrected chi connectivity index (χ3v) is 2.84. The molecule has 0 aliphatic carbocycles. The molecule has 0 unspecified atom stereocenters. The van der Waals surface area contributed by atoms with Crippen LogP contribution in [0.15, 0.2) is 48.5 Å². The molecule has 0 radical (unpaired) electrons. The number of halogens is 1. The van der Waals surface area contributed by atoms with E-state index in [0.29, 0.717) is 17.7 Å². The molecule has 0 heterocycles. The van der Waals surface area contributed by atoms with Crippen molar-refractivity contribution in [2.24, 2.45) is 0 Å². The standard InChI is InChI=1S/C16H15FO3/c17-14-3-1-2-13(10-14)16(19)11-20-15-6-4-12(5-7-15)8-9-18/h1-7,10,18H,8-9,11H2. The van der Waals surface area contributed by atoms with Crippen LogP contribution in [0.5, 0.6) is 5.75 Å². The van der Waals surface area contributed by atoms with Crippen LogP contribution in [0, 0.1) is 5.82 Å². The number of aliphatic hydroxyl groups is 1. The van der Waals surface area contributed by atoms with Crippen LogP contribution in [0.25, 0.3) is 0 Å². The molecule has 0 fully saturated rings. The van der Waals surface area contributed by atoms with Crippen molar-refractivity contribution in [3.05, 3.63) is 65.5 Å². The van der Waals surface area contributed by atoms with Crippen molar-refractivity contribution in [1.82, 2.24) is 0 Å². The highest BCUT2D eigenvalue weighted by Crippen LogP contribution is 2.13. The van der Waals surface area contributed by atoms with Gasteiger partial charge in [0.25, 0.3) is 0 Å². The second-order valence-electron chi connectivity index (χ2n) is 4.34. The zero-order chi connectivity index (χ0) is 14.4. The summed E-state index contributed by atoms with van der Waals surface area (Å²) < 4.78 is 18.4. The van der Waals surface area contributed by atoms with Gasteiger partial charge in [-0.25, -0.2) is 4.39 Å². The van der Waals surface area contributed by atoms with Gasteiger partial charge in [0.1, 0.15) is 11.6 Å². The molecule has 2 rings (SSSR count). The third-order valence-electron chi connectivity index (χ3n) is 2.84. The first-order valence-corrected chi connectivity index (χ1v) is 6.30. The van der Waals surface area contributed by atoms with E-state index in [2.05, 4.69) is 0 Å². The summed E-state index contributed by atoms with van der Waals surface area (Å²) in [6.45, 7) is -0.0406. The van der Waals surface area contributed by atoms with Crippen LogP contribution >= 0.6 is 0 Å². The van der Waals surface area contributed by atoms with Gasteiger partial charge >= 0.3 is 0 Å². The smallest absolute Gasteiger partial charge is 0.200 e. The maximum Gasteiger partial charge on any atom is 0.200 e. The van der Waals surface area contributed by atoms with E-state index in [4.69, 9.17) is 9.84 Å². The van der Waals surface area contributed by atoms with Crippen molar-refractivity contribution in [3.8, 4) is 5.75 Å². The largest absolute Gasteiger partial charge is 0.485 e. The Bertz CT molecular complexity index is 579. The predicted octanol–water partition coefficient (Wildman–Crippen LogP) is 2.62. The van der Waals surface area contributed by atoms with Crippen LogP contribution in [0.3, 0.4) is 0 Å². The highest BCUT2D eigenvalue weighted by Gasteiger charge is 2.07. The van der Waals surface area contributed by atoms with Gasteiger partial charge in [-0.15, -0.1) is 0 Å². The monoisotopic (exact) mass is 274 g/mol. The van der Waals surface area contributed by atoms with Gasteiger partial charge in [-0.05, 0) is 36.2 Å². The molecule has 3 nitrogen and oxygen atoms in total. The average Bonchev–Trinajstić information content (AvgIpc) is 2.46. The van der Waals surface area contributed by atoms with Gasteiger partial charge in [-0.3, -0.25) is 4.79 Å². The molecule has 0 atom stereocenters. The molecule has 4 heteroatoms.